The molecule has 0 amide bonds. The third-order valence-electron chi connectivity index (χ3n) is 3.56. The van der Waals surface area contributed by atoms with Gasteiger partial charge in [0, 0.05) is 23.9 Å². The van der Waals surface area contributed by atoms with Gasteiger partial charge in [-0.15, -0.1) is 0 Å². The van der Waals surface area contributed by atoms with E-state index in [0.717, 1.165) is 19.4 Å². The maximum Gasteiger partial charge on any atom is 0.0985 e. The molecule has 1 heterocycles. The average molecular weight is 304 g/mol. The minimum Gasteiger partial charge on any atom is -0.748 e. The van der Waals surface area contributed by atoms with Crippen LogP contribution in [0.3, 0.4) is 0 Å². The van der Waals surface area contributed by atoms with Crippen LogP contribution in [0.2, 0.25) is 0 Å². The fourth-order valence-electron chi connectivity index (χ4n) is 3.37. The molecule has 5 nitrogen and oxygen atoms in total. The van der Waals surface area contributed by atoms with Gasteiger partial charge < -0.3 is 15.2 Å². The number of nitrogens with two attached hydrogens (primary N) is 1. The molecule has 0 atom stereocenters. The molecule has 1 rings (SSSR count). The quantitative estimate of drug-likeness (QED) is 0.567. The summed E-state index contributed by atoms with van der Waals surface area (Å²) in [6.07, 6.45) is 3.99. The normalized spacial score (nSPS) is 23.8. The van der Waals surface area contributed by atoms with Crippen molar-refractivity contribution in [1.29, 1.82) is 0 Å². The lowest BCUT2D eigenvalue weighted by molar-refractivity contribution is -0.686. The average Bonchev–Trinajstić information content (AvgIpc) is 2.08. The van der Waals surface area contributed by atoms with Gasteiger partial charge in [-0.3, -0.25) is 0 Å². The second kappa shape index (κ2) is 6.13. The number of hydrogen-bond donors (Lipinski definition) is 2. The molecule has 0 radical (unpaired) electrons. The van der Waals surface area contributed by atoms with Crippen molar-refractivity contribution in [3.8, 4) is 0 Å². The molecule has 1 aliphatic heterocycles. The van der Waals surface area contributed by atoms with Gasteiger partial charge in [-0.25, -0.2) is 8.42 Å². The molecule has 1 aliphatic rings. The van der Waals surface area contributed by atoms with E-state index in [9.17, 15) is 13.0 Å². The summed E-state index contributed by atoms with van der Waals surface area (Å²) in [4.78, 5) is 0. The highest BCUT2D eigenvalue weighted by Crippen LogP contribution is 2.26. The van der Waals surface area contributed by atoms with E-state index in [0.29, 0.717) is 11.6 Å². The van der Waals surface area contributed by atoms with E-state index in [1.54, 1.807) is 6.92 Å². The summed E-state index contributed by atoms with van der Waals surface area (Å²) in [6, 6.07) is 0.508. The fraction of sp³-hybridized carbons (Fsp3) is 0.857. The van der Waals surface area contributed by atoms with Crippen molar-refractivity contribution in [3.63, 3.8) is 0 Å². The maximum absolute atomic E-state index is 10.7. The highest BCUT2D eigenvalue weighted by Gasteiger charge is 2.39. The minimum absolute atomic E-state index is 0.111. The Morgan fingerprint density at radius 2 is 1.80 bits per heavy atom. The van der Waals surface area contributed by atoms with E-state index < -0.39 is 10.1 Å². The monoisotopic (exact) mass is 304 g/mol. The second-order valence-corrected chi connectivity index (χ2v) is 8.69. The lowest BCUT2D eigenvalue weighted by Gasteiger charge is -2.45. The summed E-state index contributed by atoms with van der Waals surface area (Å²) in [5.74, 6) is -0.385. The van der Waals surface area contributed by atoms with Gasteiger partial charge in [0.05, 0.1) is 28.5 Å². The molecule has 0 spiro atoms. The molecule has 0 saturated carbocycles. The molecule has 0 aromatic carbocycles. The van der Waals surface area contributed by atoms with Gasteiger partial charge in [-0.05, 0) is 40.7 Å². The van der Waals surface area contributed by atoms with Crippen LogP contribution < -0.4 is 10.6 Å². The number of hydrogen-bond acceptors (Lipinski definition) is 4. The molecular formula is C14H28N2O3S. The van der Waals surface area contributed by atoms with Gasteiger partial charge in [-0.2, -0.15) is 0 Å². The first-order valence-corrected chi connectivity index (χ1v) is 8.68. The zero-order valence-corrected chi connectivity index (χ0v) is 14.0. The third-order valence-corrected chi connectivity index (χ3v) is 4.37. The van der Waals surface area contributed by atoms with Crippen LogP contribution in [-0.2, 0) is 10.1 Å². The van der Waals surface area contributed by atoms with E-state index in [1.807, 2.05) is 6.08 Å². The predicted molar refractivity (Wildman–Crippen MR) is 79.4 cm³/mol. The Kier molecular flexibility index (Phi) is 5.40. The Balaban J connectivity index is 2.51. The topological polar surface area (TPSA) is 85.8 Å². The van der Waals surface area contributed by atoms with E-state index in [-0.39, 0.29) is 16.8 Å². The van der Waals surface area contributed by atoms with Gasteiger partial charge in [0.1, 0.15) is 0 Å². The van der Waals surface area contributed by atoms with Crippen molar-refractivity contribution in [2.75, 3.05) is 12.3 Å². The van der Waals surface area contributed by atoms with Crippen molar-refractivity contribution in [3.05, 3.63) is 11.6 Å². The smallest absolute Gasteiger partial charge is 0.0985 e. The van der Waals surface area contributed by atoms with Crippen LogP contribution in [0.5, 0.6) is 0 Å². The summed E-state index contributed by atoms with van der Waals surface area (Å²) in [6.45, 7) is 11.2. The lowest BCUT2D eigenvalue weighted by Crippen LogP contribution is -2.92. The van der Waals surface area contributed by atoms with Crippen molar-refractivity contribution in [2.45, 2.75) is 64.6 Å². The van der Waals surface area contributed by atoms with Gasteiger partial charge >= 0.3 is 0 Å². The van der Waals surface area contributed by atoms with Crippen molar-refractivity contribution in [2.24, 2.45) is 0 Å². The lowest BCUT2D eigenvalue weighted by atomic mass is 9.79. The highest BCUT2D eigenvalue weighted by molar-refractivity contribution is 7.85. The molecule has 118 valence electrons. The largest absolute Gasteiger partial charge is 0.748 e. The number of quaternary nitrogens is 1. The van der Waals surface area contributed by atoms with Gasteiger partial charge in [0.15, 0.2) is 0 Å². The number of piperidine rings is 1. The van der Waals surface area contributed by atoms with Gasteiger partial charge in [0.25, 0.3) is 0 Å². The Bertz CT molecular complexity index is 451. The van der Waals surface area contributed by atoms with E-state index in [4.69, 9.17) is 0 Å². The first-order chi connectivity index (χ1) is 8.89. The van der Waals surface area contributed by atoms with Crippen molar-refractivity contribution < 1.29 is 18.3 Å². The first-order valence-electron chi connectivity index (χ1n) is 7.10. The van der Waals surface area contributed by atoms with E-state index >= 15 is 0 Å². The molecule has 0 unspecified atom stereocenters. The summed E-state index contributed by atoms with van der Waals surface area (Å²) >= 11 is 0. The van der Waals surface area contributed by atoms with Crippen LogP contribution in [0.25, 0.3) is 0 Å². The van der Waals surface area contributed by atoms with E-state index in [1.165, 1.54) is 0 Å². The number of rotatable bonds is 5. The minimum atomic E-state index is -4.16. The van der Waals surface area contributed by atoms with Crippen LogP contribution in [0.4, 0.5) is 0 Å². The van der Waals surface area contributed by atoms with Crippen LogP contribution in [-0.4, -0.2) is 42.4 Å². The molecule has 1 fully saturated rings. The molecule has 6 heteroatoms. The standard InChI is InChI=1S/C14H28N2O3S/c1-11(10-20(17,18)19)6-7-15-12-8-13(2,3)16-14(4,5)9-12/h6,12,15-16H,7-10H2,1-5H3,(H,17,18,19)/b11-6-. The van der Waals surface area contributed by atoms with Crippen LogP contribution >= 0.6 is 0 Å². The Morgan fingerprint density at radius 3 is 2.25 bits per heavy atom. The molecular weight excluding hydrogens is 276 g/mol. The molecule has 20 heavy (non-hydrogen) atoms. The van der Waals surface area contributed by atoms with Gasteiger partial charge in [0.2, 0.25) is 0 Å². The second-order valence-electron chi connectivity index (χ2n) is 7.28. The van der Waals surface area contributed by atoms with Crippen LogP contribution in [0.1, 0.15) is 47.5 Å². The molecule has 1 saturated heterocycles. The maximum atomic E-state index is 10.7. The van der Waals surface area contributed by atoms with Crippen LogP contribution in [0, 0.1) is 0 Å². The highest BCUT2D eigenvalue weighted by atomic mass is 32.2. The summed E-state index contributed by atoms with van der Waals surface area (Å²) < 4.78 is 32.0. The Labute approximate surface area is 123 Å². The Morgan fingerprint density at radius 1 is 1.30 bits per heavy atom. The van der Waals surface area contributed by atoms with Crippen molar-refractivity contribution >= 4 is 10.1 Å². The zero-order chi connectivity index (χ0) is 15.6. The fourth-order valence-corrected chi connectivity index (χ4v) is 4.04. The number of nitrogens with one attached hydrogen (secondary N) is 1. The molecule has 0 aromatic rings. The molecule has 3 N–H and O–H groups in total. The zero-order valence-electron chi connectivity index (χ0n) is 13.2. The van der Waals surface area contributed by atoms with E-state index in [2.05, 4.69) is 38.3 Å². The summed E-state index contributed by atoms with van der Waals surface area (Å²) in [5, 5.41) is 5.88. The summed E-state index contributed by atoms with van der Waals surface area (Å²) in [5.41, 5.74) is 0.851. The summed E-state index contributed by atoms with van der Waals surface area (Å²) in [7, 11) is -4.16. The third kappa shape index (κ3) is 6.83. The molecule has 0 aliphatic carbocycles. The molecule has 0 aromatic heterocycles. The SMILES string of the molecule is C/C(=C/C[NH2+]C1CC(C)(C)NC(C)(C)C1)CS(=O)(=O)[O-]. The first kappa shape index (κ1) is 17.6. The van der Waals surface area contributed by atoms with Crippen LogP contribution in [0.15, 0.2) is 11.6 Å². The van der Waals surface area contributed by atoms with Crippen molar-refractivity contribution in [1.82, 2.24) is 5.32 Å². The predicted octanol–water partition coefficient (Wildman–Crippen LogP) is 0.351. The van der Waals surface area contributed by atoms with Gasteiger partial charge in [-0.1, -0.05) is 5.57 Å². The Hall–Kier alpha value is -0.430. The molecule has 0 bridgehead atoms.